The number of nitrogens with one attached hydrogen (secondary N) is 1. The Hall–Kier alpha value is -1.26. The largest absolute Gasteiger partial charge is 0.396 e. The quantitative estimate of drug-likeness (QED) is 0.473. The van der Waals surface area contributed by atoms with Gasteiger partial charge < -0.3 is 5.11 Å². The molecule has 0 amide bonds. The standard InChI is InChI=1S/C11H12F5NO3S/c1-5(2-3-18)4-17-21(19,20)11-9(15)7(13)6(12)8(14)10(11)16/h5,17-18H,2-4H2,1H3. The maximum Gasteiger partial charge on any atom is 0.246 e. The molecule has 0 spiro atoms. The summed E-state index contributed by atoms with van der Waals surface area (Å²) in [5, 5.41) is 8.64. The molecular weight excluding hydrogens is 321 g/mol. The van der Waals surface area contributed by atoms with E-state index in [1.54, 1.807) is 4.72 Å². The van der Waals surface area contributed by atoms with Crippen LogP contribution in [0.4, 0.5) is 22.0 Å². The molecule has 0 heterocycles. The molecule has 0 saturated heterocycles. The highest BCUT2D eigenvalue weighted by atomic mass is 32.2. The van der Waals surface area contributed by atoms with Crippen molar-refractivity contribution in [3.05, 3.63) is 29.1 Å². The van der Waals surface area contributed by atoms with Crippen LogP contribution in [-0.2, 0) is 10.0 Å². The minimum absolute atomic E-state index is 0.194. The van der Waals surface area contributed by atoms with Gasteiger partial charge in [0.1, 0.15) is 0 Å². The number of hydrogen-bond donors (Lipinski definition) is 2. The van der Waals surface area contributed by atoms with Gasteiger partial charge in [-0.25, -0.2) is 35.1 Å². The van der Waals surface area contributed by atoms with Gasteiger partial charge in [0.05, 0.1) is 0 Å². The molecule has 0 aliphatic heterocycles. The van der Waals surface area contributed by atoms with Crippen LogP contribution in [0.5, 0.6) is 0 Å². The smallest absolute Gasteiger partial charge is 0.246 e. The average Bonchev–Trinajstić information content (AvgIpc) is 2.41. The van der Waals surface area contributed by atoms with Crippen LogP contribution in [-0.4, -0.2) is 26.7 Å². The molecule has 0 aliphatic rings. The second kappa shape index (κ2) is 6.67. The Bertz CT molecular complexity index is 606. The van der Waals surface area contributed by atoms with Crippen LogP contribution in [0, 0.1) is 35.0 Å². The van der Waals surface area contributed by atoms with E-state index in [-0.39, 0.29) is 19.6 Å². The Morgan fingerprint density at radius 3 is 1.86 bits per heavy atom. The summed E-state index contributed by atoms with van der Waals surface area (Å²) in [7, 11) is -4.93. The lowest BCUT2D eigenvalue weighted by atomic mass is 10.1. The third-order valence-electron chi connectivity index (χ3n) is 2.68. The van der Waals surface area contributed by atoms with Crippen LogP contribution in [0.15, 0.2) is 4.90 Å². The predicted octanol–water partition coefficient (Wildman–Crippen LogP) is 1.68. The van der Waals surface area contributed by atoms with Gasteiger partial charge in [-0.1, -0.05) is 6.92 Å². The van der Waals surface area contributed by atoms with Gasteiger partial charge in [-0.05, 0) is 12.3 Å². The molecule has 1 aromatic carbocycles. The Morgan fingerprint density at radius 2 is 1.43 bits per heavy atom. The number of hydrogen-bond acceptors (Lipinski definition) is 3. The van der Waals surface area contributed by atoms with Crippen molar-refractivity contribution in [1.29, 1.82) is 0 Å². The second-order valence-electron chi connectivity index (χ2n) is 4.37. The minimum Gasteiger partial charge on any atom is -0.396 e. The van der Waals surface area contributed by atoms with Crippen LogP contribution in [0.1, 0.15) is 13.3 Å². The summed E-state index contributed by atoms with van der Waals surface area (Å²) >= 11 is 0. The zero-order valence-corrected chi connectivity index (χ0v) is 11.6. The summed E-state index contributed by atoms with van der Waals surface area (Å²) in [5.41, 5.74) is 0. The molecule has 1 unspecified atom stereocenters. The van der Waals surface area contributed by atoms with E-state index < -0.39 is 49.9 Å². The Balaban J connectivity index is 3.21. The molecule has 1 aromatic rings. The van der Waals surface area contributed by atoms with Crippen molar-refractivity contribution in [3.8, 4) is 0 Å². The van der Waals surface area contributed by atoms with E-state index >= 15 is 0 Å². The lowest BCUT2D eigenvalue weighted by Gasteiger charge is -2.13. The molecule has 0 aliphatic carbocycles. The first-order valence-electron chi connectivity index (χ1n) is 5.75. The van der Waals surface area contributed by atoms with E-state index in [0.717, 1.165) is 0 Å². The molecule has 120 valence electrons. The fourth-order valence-electron chi connectivity index (χ4n) is 1.47. The lowest BCUT2D eigenvalue weighted by Crippen LogP contribution is -2.31. The molecule has 0 aromatic heterocycles. The molecule has 10 heteroatoms. The van der Waals surface area contributed by atoms with Crippen molar-refractivity contribution in [2.45, 2.75) is 18.2 Å². The summed E-state index contributed by atoms with van der Waals surface area (Å²) < 4.78 is 90.7. The predicted molar refractivity (Wildman–Crippen MR) is 62.3 cm³/mol. The van der Waals surface area contributed by atoms with Gasteiger partial charge in [-0.2, -0.15) is 0 Å². The monoisotopic (exact) mass is 333 g/mol. The first-order valence-corrected chi connectivity index (χ1v) is 7.23. The van der Waals surface area contributed by atoms with Gasteiger partial charge >= 0.3 is 0 Å². The second-order valence-corrected chi connectivity index (χ2v) is 6.07. The summed E-state index contributed by atoms with van der Waals surface area (Å²) in [5.74, 6) is -12.3. The van der Waals surface area contributed by atoms with Crippen molar-refractivity contribution < 1.29 is 35.5 Å². The number of aliphatic hydroxyl groups excluding tert-OH is 1. The van der Waals surface area contributed by atoms with E-state index in [9.17, 15) is 30.4 Å². The van der Waals surface area contributed by atoms with E-state index in [2.05, 4.69) is 0 Å². The van der Waals surface area contributed by atoms with Crippen molar-refractivity contribution >= 4 is 10.0 Å². The number of rotatable bonds is 6. The summed E-state index contributed by atoms with van der Waals surface area (Å²) in [6, 6.07) is 0. The Kier molecular flexibility index (Phi) is 5.65. The van der Waals surface area contributed by atoms with Gasteiger partial charge in [0.15, 0.2) is 28.2 Å². The van der Waals surface area contributed by atoms with Crippen molar-refractivity contribution in [2.75, 3.05) is 13.2 Å². The first kappa shape index (κ1) is 17.8. The molecule has 21 heavy (non-hydrogen) atoms. The number of aliphatic hydroxyl groups is 1. The maximum atomic E-state index is 13.4. The van der Waals surface area contributed by atoms with E-state index in [1.165, 1.54) is 6.92 Å². The number of benzene rings is 1. The SMILES string of the molecule is CC(CCO)CNS(=O)(=O)c1c(F)c(F)c(F)c(F)c1F. The summed E-state index contributed by atoms with van der Waals surface area (Å²) in [6.45, 7) is 0.949. The van der Waals surface area contributed by atoms with E-state index in [0.29, 0.717) is 0 Å². The minimum atomic E-state index is -4.93. The third-order valence-corrected chi connectivity index (χ3v) is 4.12. The molecule has 2 N–H and O–H groups in total. The molecule has 1 rings (SSSR count). The van der Waals surface area contributed by atoms with Crippen LogP contribution in [0.3, 0.4) is 0 Å². The highest BCUT2D eigenvalue weighted by Crippen LogP contribution is 2.26. The highest BCUT2D eigenvalue weighted by molar-refractivity contribution is 7.89. The molecule has 4 nitrogen and oxygen atoms in total. The Morgan fingerprint density at radius 1 is 1.00 bits per heavy atom. The molecular formula is C11H12F5NO3S. The van der Waals surface area contributed by atoms with Gasteiger partial charge in [-0.3, -0.25) is 0 Å². The van der Waals surface area contributed by atoms with Crippen LogP contribution < -0.4 is 4.72 Å². The number of halogens is 5. The lowest BCUT2D eigenvalue weighted by molar-refractivity contribution is 0.262. The van der Waals surface area contributed by atoms with Crippen molar-refractivity contribution in [1.82, 2.24) is 4.72 Å². The molecule has 0 saturated carbocycles. The van der Waals surface area contributed by atoms with Crippen molar-refractivity contribution in [2.24, 2.45) is 5.92 Å². The van der Waals surface area contributed by atoms with Crippen LogP contribution >= 0.6 is 0 Å². The zero-order chi connectivity index (χ0) is 16.4. The van der Waals surface area contributed by atoms with Crippen LogP contribution in [0.2, 0.25) is 0 Å². The third kappa shape index (κ3) is 3.69. The first-order chi connectivity index (χ1) is 9.63. The fourth-order valence-corrected chi connectivity index (χ4v) is 2.77. The summed E-state index contributed by atoms with van der Waals surface area (Å²) in [6.07, 6.45) is 0.194. The van der Waals surface area contributed by atoms with Gasteiger partial charge in [-0.15, -0.1) is 0 Å². The fraction of sp³-hybridized carbons (Fsp3) is 0.455. The average molecular weight is 333 g/mol. The molecule has 0 fully saturated rings. The highest BCUT2D eigenvalue weighted by Gasteiger charge is 2.33. The molecule has 0 radical (unpaired) electrons. The maximum absolute atomic E-state index is 13.4. The van der Waals surface area contributed by atoms with Crippen molar-refractivity contribution in [3.63, 3.8) is 0 Å². The normalized spacial score (nSPS) is 13.5. The Labute approximate surface area is 117 Å². The van der Waals surface area contributed by atoms with E-state index in [1.807, 2.05) is 0 Å². The topological polar surface area (TPSA) is 66.4 Å². The summed E-state index contributed by atoms with van der Waals surface area (Å²) in [4.78, 5) is -1.92. The molecule has 1 atom stereocenters. The zero-order valence-electron chi connectivity index (χ0n) is 10.8. The number of sulfonamides is 1. The van der Waals surface area contributed by atoms with Gasteiger partial charge in [0.25, 0.3) is 0 Å². The van der Waals surface area contributed by atoms with Crippen LogP contribution in [0.25, 0.3) is 0 Å². The molecule has 0 bridgehead atoms. The van der Waals surface area contributed by atoms with E-state index in [4.69, 9.17) is 5.11 Å². The van der Waals surface area contributed by atoms with Gasteiger partial charge in [0.2, 0.25) is 15.8 Å². The van der Waals surface area contributed by atoms with Gasteiger partial charge in [0, 0.05) is 13.2 Å².